The molecule has 1 aliphatic heterocycles. The van der Waals surface area contributed by atoms with E-state index >= 15 is 0 Å². The molecule has 1 rings (SSSR count). The van der Waals surface area contributed by atoms with Crippen LogP contribution in [0.3, 0.4) is 0 Å². The fourth-order valence-electron chi connectivity index (χ4n) is 2.92. The fraction of sp³-hybridized carbons (Fsp3) is 0.938. The number of amides is 1. The molecule has 21 heavy (non-hydrogen) atoms. The number of morpholine rings is 1. The molecule has 0 spiro atoms. The lowest BCUT2D eigenvalue weighted by atomic mass is 9.95. The minimum absolute atomic E-state index is 0.0632. The van der Waals surface area contributed by atoms with Crippen LogP contribution in [0.5, 0.6) is 0 Å². The van der Waals surface area contributed by atoms with Crippen LogP contribution in [0.15, 0.2) is 0 Å². The quantitative estimate of drug-likeness (QED) is 0.780. The van der Waals surface area contributed by atoms with Crippen LogP contribution in [0.4, 0.5) is 0 Å². The summed E-state index contributed by atoms with van der Waals surface area (Å²) in [7, 11) is 0. The van der Waals surface area contributed by atoms with Gasteiger partial charge >= 0.3 is 0 Å². The topological polar surface area (TPSA) is 67.6 Å². The van der Waals surface area contributed by atoms with Gasteiger partial charge in [-0.2, -0.15) is 0 Å². The minimum Gasteiger partial charge on any atom is -0.373 e. The van der Waals surface area contributed by atoms with Gasteiger partial charge in [0.1, 0.15) is 0 Å². The summed E-state index contributed by atoms with van der Waals surface area (Å²) in [6.45, 7) is 14.7. The van der Waals surface area contributed by atoms with Gasteiger partial charge in [-0.25, -0.2) is 0 Å². The third kappa shape index (κ3) is 5.24. The van der Waals surface area contributed by atoms with Crippen LogP contribution in [0, 0.1) is 0 Å². The third-order valence-corrected chi connectivity index (χ3v) is 4.25. The molecule has 0 bridgehead atoms. The van der Waals surface area contributed by atoms with Gasteiger partial charge in [-0.1, -0.05) is 13.3 Å². The first-order chi connectivity index (χ1) is 9.58. The monoisotopic (exact) mass is 299 g/mol. The molecule has 124 valence electrons. The Morgan fingerprint density at radius 1 is 1.29 bits per heavy atom. The Labute approximate surface area is 129 Å². The Morgan fingerprint density at radius 3 is 2.29 bits per heavy atom. The largest absolute Gasteiger partial charge is 0.373 e. The van der Waals surface area contributed by atoms with Crippen LogP contribution < -0.4 is 11.1 Å². The molecule has 3 unspecified atom stereocenters. The number of carbonyl (C=O) groups is 1. The lowest BCUT2D eigenvalue weighted by Crippen LogP contribution is -2.61. The molecule has 0 aliphatic carbocycles. The maximum Gasteiger partial charge on any atom is 0.239 e. The second-order valence-corrected chi connectivity index (χ2v) is 7.32. The van der Waals surface area contributed by atoms with Crippen LogP contribution in [-0.2, 0) is 9.53 Å². The summed E-state index contributed by atoms with van der Waals surface area (Å²) in [5.74, 6) is -0.0632. The first kappa shape index (κ1) is 18.4. The molecule has 5 heteroatoms. The highest BCUT2D eigenvalue weighted by Crippen LogP contribution is 2.21. The van der Waals surface area contributed by atoms with Crippen LogP contribution in [0.1, 0.15) is 54.4 Å². The Bertz CT molecular complexity index is 345. The van der Waals surface area contributed by atoms with Gasteiger partial charge in [0, 0.05) is 25.2 Å². The second-order valence-electron chi connectivity index (χ2n) is 7.32. The van der Waals surface area contributed by atoms with Gasteiger partial charge in [-0.3, -0.25) is 9.69 Å². The van der Waals surface area contributed by atoms with Crippen molar-refractivity contribution in [3.8, 4) is 0 Å². The Kier molecular flexibility index (Phi) is 6.20. The first-order valence-corrected chi connectivity index (χ1v) is 8.06. The van der Waals surface area contributed by atoms with Gasteiger partial charge in [0.15, 0.2) is 0 Å². The molecule has 5 nitrogen and oxygen atoms in total. The number of nitrogens with one attached hydrogen (secondary N) is 1. The summed E-state index contributed by atoms with van der Waals surface area (Å²) in [5.41, 5.74) is 5.19. The van der Waals surface area contributed by atoms with Gasteiger partial charge in [0.2, 0.25) is 5.91 Å². The van der Waals surface area contributed by atoms with Crippen molar-refractivity contribution in [2.75, 3.05) is 19.6 Å². The van der Waals surface area contributed by atoms with Crippen molar-refractivity contribution in [3.05, 3.63) is 0 Å². The van der Waals surface area contributed by atoms with Crippen LogP contribution in [0.2, 0.25) is 0 Å². The smallest absolute Gasteiger partial charge is 0.239 e. The average molecular weight is 299 g/mol. The molecule has 1 aliphatic rings. The molecule has 3 atom stereocenters. The van der Waals surface area contributed by atoms with Crippen molar-refractivity contribution in [1.82, 2.24) is 10.2 Å². The number of hydrogen-bond donors (Lipinski definition) is 2. The zero-order valence-electron chi connectivity index (χ0n) is 14.5. The van der Waals surface area contributed by atoms with Crippen molar-refractivity contribution < 1.29 is 9.53 Å². The van der Waals surface area contributed by atoms with E-state index in [-0.39, 0.29) is 23.7 Å². The maximum atomic E-state index is 12.2. The zero-order chi connectivity index (χ0) is 16.3. The molecule has 0 aromatic heterocycles. The van der Waals surface area contributed by atoms with Crippen molar-refractivity contribution in [2.24, 2.45) is 5.73 Å². The van der Waals surface area contributed by atoms with Gasteiger partial charge < -0.3 is 15.8 Å². The van der Waals surface area contributed by atoms with E-state index in [1.165, 1.54) is 0 Å². The van der Waals surface area contributed by atoms with E-state index in [0.29, 0.717) is 13.0 Å². The van der Waals surface area contributed by atoms with Gasteiger partial charge in [0.25, 0.3) is 0 Å². The molecule has 0 aromatic carbocycles. The van der Waals surface area contributed by atoms with E-state index in [9.17, 15) is 4.79 Å². The standard InChI is InChI=1S/C16H33N3O2/c1-7-8-16(6,17)14(20)18-11-15(4,5)19-9-12(2)21-13(3)10-19/h12-13H,7-11,17H2,1-6H3,(H,18,20). The van der Waals surface area contributed by atoms with Gasteiger partial charge in [-0.15, -0.1) is 0 Å². The Hall–Kier alpha value is -0.650. The molecular weight excluding hydrogens is 266 g/mol. The summed E-state index contributed by atoms with van der Waals surface area (Å²) >= 11 is 0. The zero-order valence-corrected chi connectivity index (χ0v) is 14.5. The number of nitrogens with zero attached hydrogens (tertiary/aromatic N) is 1. The lowest BCUT2D eigenvalue weighted by molar-refractivity contribution is -0.127. The lowest BCUT2D eigenvalue weighted by Gasteiger charge is -2.45. The number of rotatable bonds is 6. The summed E-state index contributed by atoms with van der Waals surface area (Å²) in [6.07, 6.45) is 2.06. The van der Waals surface area contributed by atoms with Crippen LogP contribution in [0.25, 0.3) is 0 Å². The number of ether oxygens (including phenoxy) is 1. The van der Waals surface area contributed by atoms with E-state index in [4.69, 9.17) is 10.5 Å². The van der Waals surface area contributed by atoms with Crippen molar-refractivity contribution >= 4 is 5.91 Å². The normalized spacial score (nSPS) is 27.2. The van der Waals surface area contributed by atoms with E-state index in [1.54, 1.807) is 6.92 Å². The molecular formula is C16H33N3O2. The van der Waals surface area contributed by atoms with E-state index in [2.05, 4.69) is 37.9 Å². The molecule has 1 fully saturated rings. The number of nitrogens with two attached hydrogens (primary N) is 1. The molecule has 3 N–H and O–H groups in total. The van der Waals surface area contributed by atoms with Crippen molar-refractivity contribution in [3.63, 3.8) is 0 Å². The average Bonchev–Trinajstić information content (AvgIpc) is 2.34. The van der Waals surface area contributed by atoms with Crippen LogP contribution >= 0.6 is 0 Å². The maximum absolute atomic E-state index is 12.2. The molecule has 0 saturated carbocycles. The van der Waals surface area contributed by atoms with E-state index < -0.39 is 5.54 Å². The van der Waals surface area contributed by atoms with Crippen molar-refractivity contribution in [2.45, 2.75) is 77.7 Å². The van der Waals surface area contributed by atoms with E-state index in [1.807, 2.05) is 6.92 Å². The minimum atomic E-state index is -0.781. The molecule has 0 radical (unpaired) electrons. The number of hydrogen-bond acceptors (Lipinski definition) is 4. The molecule has 1 saturated heterocycles. The predicted molar refractivity (Wildman–Crippen MR) is 86.2 cm³/mol. The second kappa shape index (κ2) is 7.07. The summed E-state index contributed by atoms with van der Waals surface area (Å²) < 4.78 is 5.77. The van der Waals surface area contributed by atoms with Gasteiger partial charge in [0.05, 0.1) is 17.7 Å². The Balaban J connectivity index is 2.58. The highest BCUT2D eigenvalue weighted by atomic mass is 16.5. The Morgan fingerprint density at radius 2 is 1.81 bits per heavy atom. The summed E-state index contributed by atoms with van der Waals surface area (Å²) in [4.78, 5) is 14.6. The molecule has 0 aromatic rings. The highest BCUT2D eigenvalue weighted by molar-refractivity contribution is 5.85. The van der Waals surface area contributed by atoms with Crippen molar-refractivity contribution in [1.29, 1.82) is 0 Å². The third-order valence-electron chi connectivity index (χ3n) is 4.25. The number of carbonyl (C=O) groups excluding carboxylic acids is 1. The summed E-state index contributed by atoms with van der Waals surface area (Å²) in [6, 6.07) is 0. The fourth-order valence-corrected chi connectivity index (χ4v) is 2.92. The van der Waals surface area contributed by atoms with E-state index in [0.717, 1.165) is 19.5 Å². The van der Waals surface area contributed by atoms with Gasteiger partial charge in [-0.05, 0) is 41.0 Å². The molecule has 1 heterocycles. The summed E-state index contributed by atoms with van der Waals surface area (Å²) in [5, 5.41) is 3.03. The van der Waals surface area contributed by atoms with Crippen LogP contribution in [-0.4, -0.2) is 53.7 Å². The first-order valence-electron chi connectivity index (χ1n) is 8.06. The molecule has 1 amide bonds. The predicted octanol–water partition coefficient (Wildman–Crippen LogP) is 1.51. The SMILES string of the molecule is CCCC(C)(N)C(=O)NCC(C)(C)N1CC(C)OC(C)C1. The highest BCUT2D eigenvalue weighted by Gasteiger charge is 2.35.